The van der Waals surface area contributed by atoms with Crippen molar-refractivity contribution in [1.29, 1.82) is 0 Å². The Labute approximate surface area is 216 Å². The molecular weight excluding hydrogens is 522 g/mol. The summed E-state index contributed by atoms with van der Waals surface area (Å²) in [5, 5.41) is 13.9. The van der Waals surface area contributed by atoms with Crippen LogP contribution in [0.15, 0.2) is 58.9 Å². The van der Waals surface area contributed by atoms with E-state index in [1.807, 2.05) is 13.8 Å². The van der Waals surface area contributed by atoms with Crippen molar-refractivity contribution in [3.63, 3.8) is 0 Å². The van der Waals surface area contributed by atoms with E-state index in [1.54, 1.807) is 48.0 Å². The number of fused-ring (bicyclic) bond motifs is 1. The molecule has 0 spiro atoms. The minimum Gasteiger partial charge on any atom is -0.389 e. The lowest BCUT2D eigenvalue weighted by molar-refractivity contribution is -0.122. The van der Waals surface area contributed by atoms with E-state index in [-0.39, 0.29) is 36.1 Å². The quantitative estimate of drug-likeness (QED) is 0.352. The van der Waals surface area contributed by atoms with E-state index >= 15 is 0 Å². The Morgan fingerprint density at radius 1 is 1.08 bits per heavy atom. The summed E-state index contributed by atoms with van der Waals surface area (Å²) in [7, 11) is -7.32. The number of carbonyl (C=O) groups is 1. The smallest absolute Gasteiger partial charge is 0.243 e. The molecule has 9 nitrogen and oxygen atoms in total. The predicted molar refractivity (Wildman–Crippen MR) is 141 cm³/mol. The van der Waals surface area contributed by atoms with Gasteiger partial charge in [0, 0.05) is 25.8 Å². The van der Waals surface area contributed by atoms with Crippen molar-refractivity contribution in [3.8, 4) is 0 Å². The third kappa shape index (κ3) is 7.56. The summed E-state index contributed by atoms with van der Waals surface area (Å²) in [4.78, 5) is 16.8. The highest BCUT2D eigenvalue weighted by Gasteiger charge is 2.32. The molecule has 0 saturated carbocycles. The first-order valence-corrected chi connectivity index (χ1v) is 15.8. The first-order valence-electron chi connectivity index (χ1n) is 11.4. The van der Waals surface area contributed by atoms with E-state index < -0.39 is 37.9 Å². The number of aromatic nitrogens is 1. The maximum absolute atomic E-state index is 13.6. The van der Waals surface area contributed by atoms with Gasteiger partial charge in [0.1, 0.15) is 9.84 Å². The zero-order valence-corrected chi connectivity index (χ0v) is 22.8. The number of thiazole rings is 1. The molecule has 0 aliphatic heterocycles. The van der Waals surface area contributed by atoms with Crippen LogP contribution in [0.3, 0.4) is 0 Å². The molecule has 1 aromatic heterocycles. The zero-order chi connectivity index (χ0) is 26.5. The molecule has 12 heteroatoms. The van der Waals surface area contributed by atoms with Crippen LogP contribution < -0.4 is 5.32 Å². The summed E-state index contributed by atoms with van der Waals surface area (Å²) < 4.78 is 52.1. The van der Waals surface area contributed by atoms with Crippen LogP contribution in [0.5, 0.6) is 0 Å². The van der Waals surface area contributed by atoms with Crippen molar-refractivity contribution in [2.45, 2.75) is 37.3 Å². The normalized spacial score (nSPS) is 14.3. The fourth-order valence-corrected chi connectivity index (χ4v) is 6.72. The van der Waals surface area contributed by atoms with Gasteiger partial charge >= 0.3 is 0 Å². The molecule has 36 heavy (non-hydrogen) atoms. The number of amides is 1. The SMILES string of the molecule is CC(C)CN(C[C@@H](O)[C@@H](NC(=O)CCS(C)(=O)=O)c1ccccc1)S(=O)(=O)c1ccc2ncsc2c1. The highest BCUT2D eigenvalue weighted by atomic mass is 32.2. The van der Waals surface area contributed by atoms with Crippen LogP contribution in [0.2, 0.25) is 0 Å². The molecule has 2 aromatic carbocycles. The Kier molecular flexibility index (Phi) is 9.23. The molecule has 2 atom stereocenters. The highest BCUT2D eigenvalue weighted by molar-refractivity contribution is 7.90. The lowest BCUT2D eigenvalue weighted by Crippen LogP contribution is -2.46. The summed E-state index contributed by atoms with van der Waals surface area (Å²) in [6, 6.07) is 12.5. The summed E-state index contributed by atoms with van der Waals surface area (Å²) in [6.45, 7) is 3.64. The highest BCUT2D eigenvalue weighted by Crippen LogP contribution is 2.26. The monoisotopic (exact) mass is 553 g/mol. The first-order chi connectivity index (χ1) is 16.9. The van der Waals surface area contributed by atoms with Gasteiger partial charge in [0.2, 0.25) is 15.9 Å². The average molecular weight is 554 g/mol. The number of carbonyl (C=O) groups excluding carboxylic acids is 1. The second-order valence-corrected chi connectivity index (χ2v) is 14.2. The topological polar surface area (TPSA) is 134 Å². The summed E-state index contributed by atoms with van der Waals surface area (Å²) in [5.41, 5.74) is 2.93. The van der Waals surface area contributed by atoms with Crippen molar-refractivity contribution in [2.24, 2.45) is 5.92 Å². The third-order valence-electron chi connectivity index (χ3n) is 5.46. The molecule has 3 aromatic rings. The molecular formula is C24H31N3O6S3. The van der Waals surface area contributed by atoms with Crippen LogP contribution in [-0.4, -0.2) is 68.3 Å². The Bertz CT molecular complexity index is 1390. The number of sulfone groups is 1. The largest absolute Gasteiger partial charge is 0.389 e. The molecule has 196 valence electrons. The summed E-state index contributed by atoms with van der Waals surface area (Å²) >= 11 is 1.34. The minimum absolute atomic E-state index is 0.0290. The molecule has 2 N–H and O–H groups in total. The van der Waals surface area contributed by atoms with Gasteiger partial charge in [-0.1, -0.05) is 44.2 Å². The third-order valence-corrected chi connectivity index (χ3v) is 9.02. The van der Waals surface area contributed by atoms with E-state index in [0.29, 0.717) is 11.1 Å². The molecule has 0 unspecified atom stereocenters. The van der Waals surface area contributed by atoms with Crippen molar-refractivity contribution < 1.29 is 26.7 Å². The molecule has 0 radical (unpaired) electrons. The van der Waals surface area contributed by atoms with Gasteiger partial charge in [-0.3, -0.25) is 4.79 Å². The van der Waals surface area contributed by atoms with Gasteiger partial charge in [-0.05, 0) is 29.7 Å². The van der Waals surface area contributed by atoms with Crippen LogP contribution >= 0.6 is 11.3 Å². The predicted octanol–water partition coefficient (Wildman–Crippen LogP) is 2.60. The van der Waals surface area contributed by atoms with Gasteiger partial charge in [0.25, 0.3) is 0 Å². The van der Waals surface area contributed by atoms with Gasteiger partial charge < -0.3 is 10.4 Å². The number of benzene rings is 2. The molecule has 0 aliphatic carbocycles. The van der Waals surface area contributed by atoms with Crippen molar-refractivity contribution >= 4 is 47.3 Å². The van der Waals surface area contributed by atoms with Crippen LogP contribution in [0.4, 0.5) is 0 Å². The number of aliphatic hydroxyl groups excluding tert-OH is 1. The zero-order valence-electron chi connectivity index (χ0n) is 20.4. The molecule has 0 aliphatic rings. The molecule has 0 saturated heterocycles. The number of sulfonamides is 1. The van der Waals surface area contributed by atoms with Crippen molar-refractivity contribution in [2.75, 3.05) is 25.1 Å². The fraction of sp³-hybridized carbons (Fsp3) is 0.417. The maximum atomic E-state index is 13.6. The maximum Gasteiger partial charge on any atom is 0.243 e. The second kappa shape index (κ2) is 11.8. The minimum atomic E-state index is -3.97. The Morgan fingerprint density at radius 3 is 2.42 bits per heavy atom. The number of hydrogen-bond donors (Lipinski definition) is 2. The van der Waals surface area contributed by atoms with Crippen molar-refractivity contribution in [3.05, 3.63) is 59.6 Å². The summed E-state index contributed by atoms with van der Waals surface area (Å²) in [6.07, 6.45) is -0.518. The standard InChI is InChI=1S/C24H31N3O6S3/c1-17(2)14-27(36(32,33)19-9-10-20-22(13-19)34-16-25-20)15-21(28)24(18-7-5-4-6-8-18)26-23(29)11-12-35(3,30)31/h4-10,13,16-17,21,24,28H,11-12,14-15H2,1-3H3,(H,26,29)/t21-,24+/m1/s1. The average Bonchev–Trinajstić information content (AvgIpc) is 3.28. The lowest BCUT2D eigenvalue weighted by atomic mass is 10.0. The van der Waals surface area contributed by atoms with E-state index in [1.165, 1.54) is 21.7 Å². The first kappa shape index (κ1) is 28.2. The number of aliphatic hydroxyl groups is 1. The van der Waals surface area contributed by atoms with Gasteiger partial charge in [-0.15, -0.1) is 11.3 Å². The van der Waals surface area contributed by atoms with Crippen LogP contribution in [0.25, 0.3) is 10.2 Å². The Balaban J connectivity index is 1.88. The number of nitrogens with zero attached hydrogens (tertiary/aromatic N) is 2. The van der Waals surface area contributed by atoms with E-state index in [0.717, 1.165) is 11.0 Å². The van der Waals surface area contributed by atoms with Gasteiger partial charge in [-0.25, -0.2) is 21.8 Å². The van der Waals surface area contributed by atoms with E-state index in [9.17, 15) is 26.7 Å². The summed E-state index contributed by atoms with van der Waals surface area (Å²) in [5.74, 6) is -0.912. The lowest BCUT2D eigenvalue weighted by Gasteiger charge is -2.31. The molecule has 1 heterocycles. The van der Waals surface area contributed by atoms with Gasteiger partial charge in [0.15, 0.2) is 0 Å². The van der Waals surface area contributed by atoms with Gasteiger partial charge in [-0.2, -0.15) is 4.31 Å². The Morgan fingerprint density at radius 2 is 1.78 bits per heavy atom. The molecule has 3 rings (SSSR count). The van der Waals surface area contributed by atoms with Crippen LogP contribution in [-0.2, 0) is 24.7 Å². The number of rotatable bonds is 12. The van der Waals surface area contributed by atoms with Crippen LogP contribution in [0.1, 0.15) is 31.9 Å². The van der Waals surface area contributed by atoms with Crippen molar-refractivity contribution in [1.82, 2.24) is 14.6 Å². The van der Waals surface area contributed by atoms with Crippen LogP contribution in [0, 0.1) is 5.92 Å². The fourth-order valence-electron chi connectivity index (χ4n) is 3.72. The molecule has 1 amide bonds. The number of nitrogens with one attached hydrogen (secondary N) is 1. The molecule has 0 fully saturated rings. The van der Waals surface area contributed by atoms with Gasteiger partial charge in [0.05, 0.1) is 38.5 Å². The van der Waals surface area contributed by atoms with E-state index in [4.69, 9.17) is 0 Å². The Hall–Kier alpha value is -2.38. The number of hydrogen-bond acceptors (Lipinski definition) is 8. The van der Waals surface area contributed by atoms with E-state index in [2.05, 4.69) is 10.3 Å². The molecule has 0 bridgehead atoms. The second-order valence-electron chi connectivity index (χ2n) is 9.10.